The molecule has 0 amide bonds. The maximum absolute atomic E-state index is 5.96. The van der Waals surface area contributed by atoms with E-state index in [9.17, 15) is 0 Å². The summed E-state index contributed by atoms with van der Waals surface area (Å²) in [4.78, 5) is 2.35. The monoisotopic (exact) mass is 264 g/mol. The summed E-state index contributed by atoms with van der Waals surface area (Å²) in [5.74, 6) is 1.57. The average Bonchev–Trinajstić information content (AvgIpc) is 2.37. The quantitative estimate of drug-likeness (QED) is 0.857. The molecule has 108 valence electrons. The van der Waals surface area contributed by atoms with Crippen LogP contribution in [-0.4, -0.2) is 25.1 Å². The van der Waals surface area contributed by atoms with Gasteiger partial charge in [0.1, 0.15) is 5.75 Å². The Kier molecular flexibility index (Phi) is 5.83. The van der Waals surface area contributed by atoms with E-state index in [2.05, 4.69) is 38.8 Å². The van der Waals surface area contributed by atoms with Crippen LogP contribution < -0.4 is 10.5 Å². The van der Waals surface area contributed by atoms with Gasteiger partial charge in [-0.2, -0.15) is 0 Å². The number of ether oxygens (including phenoxy) is 1. The van der Waals surface area contributed by atoms with Crippen molar-refractivity contribution in [3.63, 3.8) is 0 Å². The van der Waals surface area contributed by atoms with Gasteiger partial charge < -0.3 is 10.5 Å². The fourth-order valence-corrected chi connectivity index (χ4v) is 2.13. The predicted octanol–water partition coefficient (Wildman–Crippen LogP) is 3.19. The van der Waals surface area contributed by atoms with Crippen molar-refractivity contribution >= 4 is 0 Å². The first-order valence-electron chi connectivity index (χ1n) is 6.99. The first-order chi connectivity index (χ1) is 8.86. The van der Waals surface area contributed by atoms with Gasteiger partial charge in [0.25, 0.3) is 0 Å². The van der Waals surface area contributed by atoms with E-state index in [0.29, 0.717) is 12.0 Å². The second kappa shape index (κ2) is 6.92. The minimum Gasteiger partial charge on any atom is -0.496 e. The van der Waals surface area contributed by atoms with Crippen LogP contribution in [0.3, 0.4) is 0 Å². The molecule has 2 atom stereocenters. The molecule has 1 aromatic rings. The number of nitrogens with two attached hydrogens (primary N) is 1. The maximum atomic E-state index is 5.96. The van der Waals surface area contributed by atoms with Crippen LogP contribution >= 0.6 is 0 Å². The number of rotatable bonds is 6. The lowest BCUT2D eigenvalue weighted by atomic mass is 10.0. The van der Waals surface area contributed by atoms with E-state index in [1.165, 1.54) is 5.56 Å². The Morgan fingerprint density at radius 1 is 1.21 bits per heavy atom. The van der Waals surface area contributed by atoms with E-state index < -0.39 is 0 Å². The van der Waals surface area contributed by atoms with Gasteiger partial charge in [0.2, 0.25) is 0 Å². The average molecular weight is 264 g/mol. The summed E-state index contributed by atoms with van der Waals surface area (Å²) < 4.78 is 5.45. The molecule has 0 aromatic heterocycles. The fourth-order valence-electron chi connectivity index (χ4n) is 2.13. The van der Waals surface area contributed by atoms with Crippen LogP contribution in [0.15, 0.2) is 18.2 Å². The zero-order valence-electron chi connectivity index (χ0n) is 13.1. The second-order valence-electron chi connectivity index (χ2n) is 5.76. The van der Waals surface area contributed by atoms with E-state index >= 15 is 0 Å². The largest absolute Gasteiger partial charge is 0.496 e. The van der Waals surface area contributed by atoms with Gasteiger partial charge in [-0.1, -0.05) is 19.9 Å². The molecule has 3 nitrogen and oxygen atoms in total. The Morgan fingerprint density at radius 2 is 1.84 bits per heavy atom. The highest BCUT2D eigenvalue weighted by Gasteiger charge is 2.16. The van der Waals surface area contributed by atoms with Crippen molar-refractivity contribution in [2.45, 2.75) is 46.3 Å². The molecule has 2 unspecified atom stereocenters. The second-order valence-corrected chi connectivity index (χ2v) is 5.76. The number of methoxy groups -OCH3 is 1. The van der Waals surface area contributed by atoms with Crippen molar-refractivity contribution in [1.82, 2.24) is 4.90 Å². The van der Waals surface area contributed by atoms with Crippen LogP contribution in [0.4, 0.5) is 0 Å². The summed E-state index contributed by atoms with van der Waals surface area (Å²) >= 11 is 0. The third kappa shape index (κ3) is 4.22. The third-order valence-electron chi connectivity index (χ3n) is 3.91. The van der Waals surface area contributed by atoms with Gasteiger partial charge in [-0.05, 0) is 44.5 Å². The SMILES string of the molecule is COc1ccc(C(C)N)cc1CN(C)C(C)C(C)C. The summed E-state index contributed by atoms with van der Waals surface area (Å²) in [5.41, 5.74) is 8.31. The summed E-state index contributed by atoms with van der Waals surface area (Å²) in [5, 5.41) is 0. The molecule has 19 heavy (non-hydrogen) atoms. The lowest BCUT2D eigenvalue weighted by Crippen LogP contribution is -2.32. The van der Waals surface area contributed by atoms with Crippen molar-refractivity contribution < 1.29 is 4.74 Å². The van der Waals surface area contributed by atoms with Crippen LogP contribution in [0.2, 0.25) is 0 Å². The smallest absolute Gasteiger partial charge is 0.123 e. The molecule has 0 heterocycles. The number of benzene rings is 1. The van der Waals surface area contributed by atoms with Crippen LogP contribution in [0.25, 0.3) is 0 Å². The van der Waals surface area contributed by atoms with Crippen LogP contribution in [0, 0.1) is 5.92 Å². The van der Waals surface area contributed by atoms with Crippen molar-refractivity contribution in [3.05, 3.63) is 29.3 Å². The molecule has 0 aliphatic heterocycles. The third-order valence-corrected chi connectivity index (χ3v) is 3.91. The molecule has 0 aliphatic carbocycles. The zero-order chi connectivity index (χ0) is 14.6. The number of nitrogens with zero attached hydrogens (tertiary/aromatic N) is 1. The molecule has 1 rings (SSSR count). The first-order valence-corrected chi connectivity index (χ1v) is 6.99. The fraction of sp³-hybridized carbons (Fsp3) is 0.625. The standard InChI is InChI=1S/C16H28N2O/c1-11(2)13(4)18(5)10-15-9-14(12(3)17)7-8-16(15)19-6/h7-9,11-13H,10,17H2,1-6H3. The van der Waals surface area contributed by atoms with Gasteiger partial charge in [0, 0.05) is 24.2 Å². The predicted molar refractivity (Wildman–Crippen MR) is 81.4 cm³/mol. The Hall–Kier alpha value is -1.06. The molecular formula is C16H28N2O. The highest BCUT2D eigenvalue weighted by molar-refractivity contribution is 5.38. The Labute approximate surface area is 117 Å². The number of hydrogen-bond acceptors (Lipinski definition) is 3. The molecule has 1 aromatic carbocycles. The van der Waals surface area contributed by atoms with Crippen molar-refractivity contribution in [1.29, 1.82) is 0 Å². The molecule has 3 heteroatoms. The molecule has 0 radical (unpaired) electrons. The first kappa shape index (κ1) is 16.0. The van der Waals surface area contributed by atoms with Crippen molar-refractivity contribution in [3.8, 4) is 5.75 Å². The summed E-state index contributed by atoms with van der Waals surface area (Å²) in [6.07, 6.45) is 0. The van der Waals surface area contributed by atoms with Crippen molar-refractivity contribution in [2.75, 3.05) is 14.2 Å². The topological polar surface area (TPSA) is 38.5 Å². The molecule has 0 saturated heterocycles. The molecule has 0 saturated carbocycles. The summed E-state index contributed by atoms with van der Waals surface area (Å²) in [6.45, 7) is 9.63. The minimum absolute atomic E-state index is 0.0532. The van der Waals surface area contributed by atoms with Crippen LogP contribution in [0.1, 0.15) is 44.9 Å². The normalized spacial score (nSPS) is 14.8. The zero-order valence-corrected chi connectivity index (χ0v) is 13.1. The van der Waals surface area contributed by atoms with Gasteiger partial charge in [-0.3, -0.25) is 4.90 Å². The van der Waals surface area contributed by atoms with E-state index in [0.717, 1.165) is 17.9 Å². The molecule has 0 aliphatic rings. The van der Waals surface area contributed by atoms with Gasteiger partial charge >= 0.3 is 0 Å². The summed E-state index contributed by atoms with van der Waals surface area (Å²) in [6, 6.07) is 6.80. The Morgan fingerprint density at radius 3 is 2.32 bits per heavy atom. The van der Waals surface area contributed by atoms with Gasteiger partial charge in [0.05, 0.1) is 7.11 Å². The van der Waals surface area contributed by atoms with E-state index in [4.69, 9.17) is 10.5 Å². The Balaban J connectivity index is 2.94. The molecule has 0 spiro atoms. The molecular weight excluding hydrogens is 236 g/mol. The molecule has 0 bridgehead atoms. The molecule has 2 N–H and O–H groups in total. The lowest BCUT2D eigenvalue weighted by Gasteiger charge is -2.28. The Bertz CT molecular complexity index is 402. The van der Waals surface area contributed by atoms with E-state index in [-0.39, 0.29) is 6.04 Å². The lowest BCUT2D eigenvalue weighted by molar-refractivity contribution is 0.198. The summed E-state index contributed by atoms with van der Waals surface area (Å²) in [7, 11) is 3.87. The highest BCUT2D eigenvalue weighted by atomic mass is 16.5. The van der Waals surface area contributed by atoms with Crippen LogP contribution in [-0.2, 0) is 6.54 Å². The van der Waals surface area contributed by atoms with Crippen LogP contribution in [0.5, 0.6) is 5.75 Å². The molecule has 0 fully saturated rings. The maximum Gasteiger partial charge on any atom is 0.123 e. The van der Waals surface area contributed by atoms with Crippen molar-refractivity contribution in [2.24, 2.45) is 11.7 Å². The number of hydrogen-bond donors (Lipinski definition) is 1. The van der Waals surface area contributed by atoms with Gasteiger partial charge in [-0.15, -0.1) is 0 Å². The highest BCUT2D eigenvalue weighted by Crippen LogP contribution is 2.25. The minimum atomic E-state index is 0.0532. The van der Waals surface area contributed by atoms with Gasteiger partial charge in [-0.25, -0.2) is 0 Å². The van der Waals surface area contributed by atoms with E-state index in [1.54, 1.807) is 7.11 Å². The van der Waals surface area contributed by atoms with E-state index in [1.807, 2.05) is 19.1 Å². The van der Waals surface area contributed by atoms with Gasteiger partial charge in [0.15, 0.2) is 0 Å².